The van der Waals surface area contributed by atoms with E-state index in [-0.39, 0.29) is 0 Å². The van der Waals surface area contributed by atoms with Gasteiger partial charge in [0.15, 0.2) is 0 Å². The second kappa shape index (κ2) is 2.46. The monoisotopic (exact) mass is 171 g/mol. The molecule has 2 N–H and O–H groups in total. The lowest BCUT2D eigenvalue weighted by atomic mass is 9.53. The Morgan fingerprint density at radius 1 is 0.923 bits per heavy atom. The van der Waals surface area contributed by atoms with Crippen molar-refractivity contribution in [3.05, 3.63) is 48.0 Å². The first kappa shape index (κ1) is 7.34. The van der Waals surface area contributed by atoms with Crippen molar-refractivity contribution >= 4 is 0 Å². The van der Waals surface area contributed by atoms with Crippen LogP contribution in [0.25, 0.3) is 0 Å². The van der Waals surface area contributed by atoms with E-state index in [2.05, 4.69) is 42.5 Å². The Morgan fingerprint density at radius 2 is 1.62 bits per heavy atom. The molecule has 0 spiro atoms. The van der Waals surface area contributed by atoms with E-state index in [4.69, 9.17) is 5.73 Å². The van der Waals surface area contributed by atoms with Crippen LogP contribution in [0.1, 0.15) is 11.5 Å². The number of benzene rings is 1. The molecule has 1 unspecified atom stereocenters. The van der Waals surface area contributed by atoms with Gasteiger partial charge in [0.1, 0.15) is 0 Å². The molecule has 1 saturated carbocycles. The summed E-state index contributed by atoms with van der Waals surface area (Å²) >= 11 is 0. The van der Waals surface area contributed by atoms with Gasteiger partial charge in [-0.05, 0) is 17.4 Å². The normalized spacial score (nSPS) is 40.4. The van der Waals surface area contributed by atoms with Gasteiger partial charge in [0.2, 0.25) is 0 Å². The van der Waals surface area contributed by atoms with Gasteiger partial charge in [-0.15, -0.1) is 0 Å². The van der Waals surface area contributed by atoms with Crippen LogP contribution in [0.3, 0.4) is 0 Å². The van der Waals surface area contributed by atoms with Crippen LogP contribution in [-0.2, 0) is 0 Å². The predicted octanol–water partition coefficient (Wildman–Crippen LogP) is 1.91. The lowest BCUT2D eigenvalue weighted by molar-refractivity contribution is 0.149. The molecular formula is C12H13N. The van der Waals surface area contributed by atoms with E-state index in [1.54, 1.807) is 0 Å². The van der Waals surface area contributed by atoms with Crippen LogP contribution in [0.5, 0.6) is 0 Å². The molecule has 2 aliphatic rings. The highest BCUT2D eigenvalue weighted by Crippen LogP contribution is 2.52. The fourth-order valence-corrected chi connectivity index (χ4v) is 2.58. The fourth-order valence-electron chi connectivity index (χ4n) is 2.58. The van der Waals surface area contributed by atoms with Crippen molar-refractivity contribution in [2.45, 2.75) is 12.0 Å². The number of nitrogens with two attached hydrogens (primary N) is 1. The van der Waals surface area contributed by atoms with Crippen LogP contribution in [0.2, 0.25) is 0 Å². The Bertz CT molecular complexity index is 341. The molecular weight excluding hydrogens is 158 g/mol. The average Bonchev–Trinajstić information content (AvgIpc) is 2.13. The molecule has 0 saturated heterocycles. The molecule has 4 atom stereocenters. The quantitative estimate of drug-likeness (QED) is 0.642. The van der Waals surface area contributed by atoms with Gasteiger partial charge in [-0.2, -0.15) is 0 Å². The SMILES string of the molecule is N[C@@H]1[C@@H]2C=CC2[C@H]1c1ccccc1. The van der Waals surface area contributed by atoms with Crippen molar-refractivity contribution in [3.63, 3.8) is 0 Å². The number of fused-ring (bicyclic) bond motifs is 1. The van der Waals surface area contributed by atoms with Crippen molar-refractivity contribution < 1.29 is 0 Å². The van der Waals surface area contributed by atoms with Gasteiger partial charge >= 0.3 is 0 Å². The Morgan fingerprint density at radius 3 is 2.15 bits per heavy atom. The van der Waals surface area contributed by atoms with E-state index in [0.29, 0.717) is 17.9 Å². The molecule has 2 aliphatic carbocycles. The minimum atomic E-state index is 0.359. The molecule has 0 aliphatic heterocycles. The highest BCUT2D eigenvalue weighted by molar-refractivity contribution is 5.36. The van der Waals surface area contributed by atoms with E-state index in [9.17, 15) is 0 Å². The summed E-state index contributed by atoms with van der Waals surface area (Å²) in [5.41, 5.74) is 7.49. The topological polar surface area (TPSA) is 26.0 Å². The summed E-state index contributed by atoms with van der Waals surface area (Å²) in [5.74, 6) is 1.99. The second-order valence-corrected chi connectivity index (χ2v) is 4.05. The second-order valence-electron chi connectivity index (χ2n) is 4.05. The largest absolute Gasteiger partial charge is 0.327 e. The Balaban J connectivity index is 1.91. The van der Waals surface area contributed by atoms with E-state index in [0.717, 1.165) is 5.92 Å². The first-order chi connectivity index (χ1) is 6.38. The molecule has 1 heteroatoms. The molecule has 0 radical (unpaired) electrons. The van der Waals surface area contributed by atoms with Gasteiger partial charge in [-0.25, -0.2) is 0 Å². The lowest BCUT2D eigenvalue weighted by Gasteiger charge is -2.53. The van der Waals surface area contributed by atoms with E-state index in [1.165, 1.54) is 5.56 Å². The van der Waals surface area contributed by atoms with Gasteiger partial charge < -0.3 is 5.73 Å². The van der Waals surface area contributed by atoms with Crippen molar-refractivity contribution in [2.75, 3.05) is 0 Å². The molecule has 1 aromatic rings. The van der Waals surface area contributed by atoms with Gasteiger partial charge in [0.05, 0.1) is 0 Å². The third-order valence-electron chi connectivity index (χ3n) is 3.46. The zero-order valence-electron chi connectivity index (χ0n) is 7.43. The molecule has 0 amide bonds. The van der Waals surface area contributed by atoms with E-state index < -0.39 is 0 Å². The summed E-state index contributed by atoms with van der Waals surface area (Å²) in [6.45, 7) is 0. The smallest absolute Gasteiger partial charge is 0.0183 e. The third kappa shape index (κ3) is 0.853. The van der Waals surface area contributed by atoms with Gasteiger partial charge in [0, 0.05) is 12.0 Å². The van der Waals surface area contributed by atoms with Crippen molar-refractivity contribution in [2.24, 2.45) is 17.6 Å². The van der Waals surface area contributed by atoms with Crippen LogP contribution in [0, 0.1) is 11.8 Å². The van der Waals surface area contributed by atoms with Crippen LogP contribution >= 0.6 is 0 Å². The molecule has 0 aromatic heterocycles. The molecule has 1 aromatic carbocycles. The summed E-state index contributed by atoms with van der Waals surface area (Å²) in [7, 11) is 0. The highest BCUT2D eigenvalue weighted by atomic mass is 14.8. The summed E-state index contributed by atoms with van der Waals surface area (Å²) in [6, 6.07) is 11.0. The van der Waals surface area contributed by atoms with Crippen molar-refractivity contribution in [1.82, 2.24) is 0 Å². The third-order valence-corrected chi connectivity index (χ3v) is 3.46. The molecule has 1 fully saturated rings. The predicted molar refractivity (Wildman–Crippen MR) is 53.3 cm³/mol. The Labute approximate surface area is 78.3 Å². The highest BCUT2D eigenvalue weighted by Gasteiger charge is 2.50. The van der Waals surface area contributed by atoms with Crippen molar-refractivity contribution in [1.29, 1.82) is 0 Å². The van der Waals surface area contributed by atoms with Crippen molar-refractivity contribution in [3.8, 4) is 0 Å². The summed E-state index contributed by atoms with van der Waals surface area (Å²) in [4.78, 5) is 0. The maximum absolute atomic E-state index is 6.09. The van der Waals surface area contributed by atoms with Gasteiger partial charge in [0.25, 0.3) is 0 Å². The molecule has 0 heterocycles. The first-order valence-corrected chi connectivity index (χ1v) is 4.87. The first-order valence-electron chi connectivity index (χ1n) is 4.87. The zero-order chi connectivity index (χ0) is 8.84. The van der Waals surface area contributed by atoms with Gasteiger partial charge in [-0.1, -0.05) is 42.5 Å². The number of hydrogen-bond donors (Lipinski definition) is 1. The average molecular weight is 171 g/mol. The summed E-state index contributed by atoms with van der Waals surface area (Å²) in [6.07, 6.45) is 4.54. The number of hydrogen-bond acceptors (Lipinski definition) is 1. The summed E-state index contributed by atoms with van der Waals surface area (Å²) in [5, 5.41) is 0. The van der Waals surface area contributed by atoms with Crippen LogP contribution in [0.4, 0.5) is 0 Å². The van der Waals surface area contributed by atoms with Gasteiger partial charge in [-0.3, -0.25) is 0 Å². The lowest BCUT2D eigenvalue weighted by Crippen LogP contribution is -2.56. The number of rotatable bonds is 1. The molecule has 66 valence electrons. The fraction of sp³-hybridized carbons (Fsp3) is 0.333. The van der Waals surface area contributed by atoms with Crippen LogP contribution in [-0.4, -0.2) is 6.04 Å². The molecule has 1 nitrogen and oxygen atoms in total. The maximum atomic E-state index is 6.09. The maximum Gasteiger partial charge on any atom is 0.0183 e. The standard InChI is InChI=1S/C12H13N/c13-12-10-7-6-9(10)11(12)8-4-2-1-3-5-8/h1-7,9-12H,13H2/t9?,10-,11-,12-/m1/s1. The minimum Gasteiger partial charge on any atom is -0.327 e. The Hall–Kier alpha value is -1.08. The molecule has 13 heavy (non-hydrogen) atoms. The summed E-state index contributed by atoms with van der Waals surface area (Å²) < 4.78 is 0. The van der Waals surface area contributed by atoms with E-state index in [1.807, 2.05) is 0 Å². The molecule has 0 bridgehead atoms. The van der Waals surface area contributed by atoms with E-state index >= 15 is 0 Å². The Kier molecular flexibility index (Phi) is 1.39. The van der Waals surface area contributed by atoms with Crippen LogP contribution < -0.4 is 5.73 Å². The number of allylic oxidation sites excluding steroid dienone is 1. The zero-order valence-corrected chi connectivity index (χ0v) is 7.43. The molecule has 3 rings (SSSR count). The minimum absolute atomic E-state index is 0.359. The van der Waals surface area contributed by atoms with Crippen LogP contribution in [0.15, 0.2) is 42.5 Å².